The van der Waals surface area contributed by atoms with Gasteiger partial charge in [-0.25, -0.2) is 0 Å². The van der Waals surface area contributed by atoms with Crippen molar-refractivity contribution in [2.45, 2.75) is 218 Å². The first-order chi connectivity index (χ1) is 23.6. The van der Waals surface area contributed by atoms with E-state index >= 15 is 0 Å². The van der Waals surface area contributed by atoms with Gasteiger partial charge in [-0.2, -0.15) is 0 Å². The maximum Gasteiger partial charge on any atom is 0.237 e. The zero-order valence-corrected chi connectivity index (χ0v) is 31.7. The lowest BCUT2D eigenvalue weighted by atomic mass is 9.97. The molecule has 0 aromatic heterocycles. The van der Waals surface area contributed by atoms with Gasteiger partial charge in [0.2, 0.25) is 5.91 Å². The largest absolute Gasteiger partial charge is 0.388 e. The summed E-state index contributed by atoms with van der Waals surface area (Å²) in [6.45, 7) is 6.77. The number of hydrogen-bond donors (Lipinski definition) is 3. The molecule has 8 heteroatoms. The molecule has 0 spiro atoms. The Morgan fingerprint density at radius 1 is 0.688 bits per heavy atom. The third kappa shape index (κ3) is 19.6. The average molecular weight is 683 g/mol. The van der Waals surface area contributed by atoms with E-state index in [2.05, 4.69) is 24.5 Å². The summed E-state index contributed by atoms with van der Waals surface area (Å²) in [6, 6.07) is -0.173. The monoisotopic (exact) mass is 683 g/mol. The summed E-state index contributed by atoms with van der Waals surface area (Å²) in [5, 5.41) is 17.6. The maximum absolute atomic E-state index is 12.7. The minimum absolute atomic E-state index is 0.0448. The average Bonchev–Trinajstić information content (AvgIpc) is 3.65. The SMILES string of the molecule is CCCCCCCCCCCCCCO[C@H]1[C@@H](OC)O[C@H](CNC(=O)[C@@H]2CCCN2)[C@@H](O)[C@@H]1OCCCCCCCCCCCCCC. The van der Waals surface area contributed by atoms with Crippen molar-refractivity contribution < 1.29 is 28.8 Å². The van der Waals surface area contributed by atoms with E-state index in [0.29, 0.717) is 13.2 Å². The normalized spacial score (nSPS) is 24.3. The summed E-state index contributed by atoms with van der Waals surface area (Å²) < 4.78 is 24.6. The van der Waals surface area contributed by atoms with Crippen LogP contribution in [0.4, 0.5) is 0 Å². The predicted molar refractivity (Wildman–Crippen MR) is 197 cm³/mol. The van der Waals surface area contributed by atoms with Gasteiger partial charge in [-0.1, -0.05) is 155 Å². The fraction of sp³-hybridized carbons (Fsp3) is 0.975. The summed E-state index contributed by atoms with van der Waals surface area (Å²) in [6.07, 6.45) is 29.6. The van der Waals surface area contributed by atoms with Gasteiger partial charge >= 0.3 is 0 Å². The molecule has 3 N–H and O–H groups in total. The van der Waals surface area contributed by atoms with Crippen molar-refractivity contribution in [1.29, 1.82) is 0 Å². The van der Waals surface area contributed by atoms with Gasteiger partial charge in [-0.15, -0.1) is 0 Å². The molecule has 48 heavy (non-hydrogen) atoms. The van der Waals surface area contributed by atoms with Crippen LogP contribution in [0.25, 0.3) is 0 Å². The van der Waals surface area contributed by atoms with Crippen LogP contribution in [-0.4, -0.2) is 81.2 Å². The smallest absolute Gasteiger partial charge is 0.237 e. The van der Waals surface area contributed by atoms with Crippen LogP contribution in [0.3, 0.4) is 0 Å². The standard InChI is InChI=1S/C40H78N2O6/c1-4-6-8-10-12-14-16-18-20-22-24-26-31-46-37-36(43)35(33-42-39(44)34-29-28-30-41-34)48-40(45-3)38(37)47-32-27-25-23-21-19-17-15-13-11-9-7-5-2/h34-38,40-41,43H,4-33H2,1-3H3,(H,42,44)/t34-,35+,36+,37-,38+,40-/m0/s1. The first kappa shape index (κ1) is 43.4. The lowest BCUT2D eigenvalue weighted by molar-refractivity contribution is -0.305. The number of aliphatic hydroxyl groups excluding tert-OH is 1. The number of unbranched alkanes of at least 4 members (excludes halogenated alkanes) is 22. The summed E-state index contributed by atoms with van der Waals surface area (Å²) in [5.74, 6) is -0.0448. The molecule has 8 nitrogen and oxygen atoms in total. The van der Waals surface area contributed by atoms with E-state index in [0.717, 1.165) is 45.1 Å². The highest BCUT2D eigenvalue weighted by molar-refractivity contribution is 5.82. The molecule has 0 unspecified atom stereocenters. The number of rotatable bonds is 32. The van der Waals surface area contributed by atoms with Crippen molar-refractivity contribution >= 4 is 5.91 Å². The molecule has 284 valence electrons. The van der Waals surface area contributed by atoms with E-state index in [-0.39, 0.29) is 18.5 Å². The molecule has 2 heterocycles. The van der Waals surface area contributed by atoms with Crippen molar-refractivity contribution in [3.63, 3.8) is 0 Å². The first-order valence-electron chi connectivity index (χ1n) is 20.7. The maximum atomic E-state index is 12.7. The third-order valence-electron chi connectivity index (χ3n) is 10.3. The summed E-state index contributed by atoms with van der Waals surface area (Å²) in [5.41, 5.74) is 0. The molecule has 2 fully saturated rings. The van der Waals surface area contributed by atoms with E-state index in [9.17, 15) is 9.90 Å². The molecule has 2 aliphatic heterocycles. The van der Waals surface area contributed by atoms with E-state index in [4.69, 9.17) is 18.9 Å². The number of carbonyl (C=O) groups is 1. The molecule has 0 aromatic rings. The van der Waals surface area contributed by atoms with E-state index in [1.165, 1.54) is 128 Å². The predicted octanol–water partition coefficient (Wildman–Crippen LogP) is 8.76. The van der Waals surface area contributed by atoms with Crippen LogP contribution in [0.5, 0.6) is 0 Å². The van der Waals surface area contributed by atoms with Crippen molar-refractivity contribution in [2.24, 2.45) is 0 Å². The Bertz CT molecular complexity index is 737. The van der Waals surface area contributed by atoms with Gasteiger partial charge in [-0.05, 0) is 32.2 Å². The lowest BCUT2D eigenvalue weighted by Gasteiger charge is -2.44. The van der Waals surface area contributed by atoms with Crippen molar-refractivity contribution in [3.05, 3.63) is 0 Å². The number of carbonyl (C=O) groups excluding carboxylic acids is 1. The number of methoxy groups -OCH3 is 1. The van der Waals surface area contributed by atoms with Crippen molar-refractivity contribution in [1.82, 2.24) is 10.6 Å². The molecular weight excluding hydrogens is 604 g/mol. The molecule has 2 aliphatic rings. The molecule has 1 amide bonds. The van der Waals surface area contributed by atoms with E-state index in [1.807, 2.05) is 0 Å². The van der Waals surface area contributed by atoms with Crippen LogP contribution in [-0.2, 0) is 23.7 Å². The number of nitrogens with one attached hydrogen (secondary N) is 2. The second-order valence-corrected chi connectivity index (χ2v) is 14.6. The Hall–Kier alpha value is -0.770. The van der Waals surface area contributed by atoms with Crippen LogP contribution in [0.15, 0.2) is 0 Å². The molecule has 0 bridgehead atoms. The van der Waals surface area contributed by atoms with E-state index < -0.39 is 30.7 Å². The van der Waals surface area contributed by atoms with Gasteiger partial charge in [0.25, 0.3) is 0 Å². The highest BCUT2D eigenvalue weighted by Crippen LogP contribution is 2.27. The van der Waals surface area contributed by atoms with Gasteiger partial charge in [0.1, 0.15) is 24.4 Å². The first-order valence-corrected chi connectivity index (χ1v) is 20.7. The Morgan fingerprint density at radius 3 is 1.54 bits per heavy atom. The molecule has 6 atom stereocenters. The van der Waals surface area contributed by atoms with Gasteiger partial charge in [0, 0.05) is 26.9 Å². The highest BCUT2D eigenvalue weighted by Gasteiger charge is 2.47. The van der Waals surface area contributed by atoms with Crippen LogP contribution in [0.2, 0.25) is 0 Å². The Morgan fingerprint density at radius 2 is 1.12 bits per heavy atom. The molecule has 0 radical (unpaired) electrons. The molecule has 2 saturated heterocycles. The molecule has 0 aromatic carbocycles. The highest BCUT2D eigenvalue weighted by atomic mass is 16.7. The fourth-order valence-corrected chi connectivity index (χ4v) is 7.17. The number of ether oxygens (including phenoxy) is 4. The zero-order valence-electron chi connectivity index (χ0n) is 31.7. The summed E-state index contributed by atoms with van der Waals surface area (Å²) in [7, 11) is 1.61. The van der Waals surface area contributed by atoms with E-state index in [1.54, 1.807) is 7.11 Å². The fourth-order valence-electron chi connectivity index (χ4n) is 7.17. The zero-order chi connectivity index (χ0) is 34.5. The Labute approximate surface area is 295 Å². The van der Waals surface area contributed by atoms with Gasteiger partial charge in [-0.3, -0.25) is 4.79 Å². The number of amides is 1. The molecule has 2 rings (SSSR count). The van der Waals surface area contributed by atoms with Gasteiger partial charge < -0.3 is 34.7 Å². The van der Waals surface area contributed by atoms with Crippen LogP contribution in [0, 0.1) is 0 Å². The van der Waals surface area contributed by atoms with Crippen LogP contribution in [0.1, 0.15) is 181 Å². The molecular formula is C40H78N2O6. The third-order valence-corrected chi connectivity index (χ3v) is 10.3. The number of hydrogen-bond acceptors (Lipinski definition) is 7. The minimum atomic E-state index is -0.919. The van der Waals surface area contributed by atoms with Crippen LogP contribution >= 0.6 is 0 Å². The van der Waals surface area contributed by atoms with Crippen molar-refractivity contribution in [2.75, 3.05) is 33.4 Å². The quantitative estimate of drug-likeness (QED) is 0.0611. The second-order valence-electron chi connectivity index (χ2n) is 14.6. The topological polar surface area (TPSA) is 98.3 Å². The van der Waals surface area contributed by atoms with Gasteiger partial charge in [0.05, 0.1) is 6.04 Å². The summed E-state index contributed by atoms with van der Waals surface area (Å²) in [4.78, 5) is 12.7. The Balaban J connectivity index is 1.72. The second kappa shape index (κ2) is 29.9. The summed E-state index contributed by atoms with van der Waals surface area (Å²) >= 11 is 0. The lowest BCUT2D eigenvalue weighted by Crippen LogP contribution is -2.62. The molecule has 0 saturated carbocycles. The molecule has 0 aliphatic carbocycles. The van der Waals surface area contributed by atoms with Crippen molar-refractivity contribution in [3.8, 4) is 0 Å². The number of aliphatic hydroxyl groups is 1. The Kier molecular flexibility index (Phi) is 27.0. The minimum Gasteiger partial charge on any atom is -0.388 e. The van der Waals surface area contributed by atoms with Crippen LogP contribution < -0.4 is 10.6 Å². The van der Waals surface area contributed by atoms with Gasteiger partial charge in [0.15, 0.2) is 6.29 Å².